The van der Waals surface area contributed by atoms with Gasteiger partial charge in [-0.15, -0.1) is 0 Å². The van der Waals surface area contributed by atoms with E-state index < -0.39 is 10.9 Å². The number of benzene rings is 2. The largest absolute Gasteiger partial charge is 0.454 e. The van der Waals surface area contributed by atoms with Crippen LogP contribution in [-0.4, -0.2) is 25.8 Å². The van der Waals surface area contributed by atoms with Crippen LogP contribution in [0.2, 0.25) is 0 Å². The Hall–Kier alpha value is -4.08. The van der Waals surface area contributed by atoms with Crippen molar-refractivity contribution in [3.63, 3.8) is 0 Å². The molecule has 0 atom stereocenters. The summed E-state index contributed by atoms with van der Waals surface area (Å²) < 4.78 is 5.15. The summed E-state index contributed by atoms with van der Waals surface area (Å²) in [6, 6.07) is 12.7. The summed E-state index contributed by atoms with van der Waals surface area (Å²) in [6.07, 6.45) is 0. The van der Waals surface area contributed by atoms with Gasteiger partial charge in [0, 0.05) is 17.8 Å². The van der Waals surface area contributed by atoms with E-state index in [1.165, 1.54) is 24.3 Å². The van der Waals surface area contributed by atoms with E-state index in [1.54, 1.807) is 0 Å². The zero-order chi connectivity index (χ0) is 20.1. The number of nitro groups is 1. The Morgan fingerprint density at radius 2 is 1.79 bits per heavy atom. The smallest absolute Gasteiger partial charge is 0.338 e. The lowest BCUT2D eigenvalue weighted by Crippen LogP contribution is -2.11. The number of nitro benzene ring substituents is 1. The van der Waals surface area contributed by atoms with Gasteiger partial charge >= 0.3 is 5.97 Å². The van der Waals surface area contributed by atoms with Gasteiger partial charge in [-0.25, -0.2) is 4.79 Å². The van der Waals surface area contributed by atoms with Crippen LogP contribution in [0.5, 0.6) is 0 Å². The molecule has 3 aromatic rings. The van der Waals surface area contributed by atoms with E-state index in [2.05, 4.69) is 20.3 Å². The summed E-state index contributed by atoms with van der Waals surface area (Å²) in [7, 11) is 0. The maximum absolute atomic E-state index is 12.1. The van der Waals surface area contributed by atoms with E-state index in [4.69, 9.17) is 10.5 Å². The molecule has 142 valence electrons. The molecule has 0 fully saturated rings. The minimum atomic E-state index is -0.665. The summed E-state index contributed by atoms with van der Waals surface area (Å²) in [5.74, 6) is -0.303. The highest BCUT2D eigenvalue weighted by molar-refractivity contribution is 5.89. The molecule has 1 heterocycles. The Bertz CT molecular complexity index is 1010. The SMILES string of the molecule is Cc1ccc(Nc2nc(N)nc(COC(=O)c3ccc([N+](=O)[O-])cc3)n2)cc1. The number of nitrogen functional groups attached to an aromatic ring is 1. The molecule has 3 N–H and O–H groups in total. The first-order valence-corrected chi connectivity index (χ1v) is 8.16. The van der Waals surface area contributed by atoms with E-state index in [0.717, 1.165) is 11.3 Å². The Kier molecular flexibility index (Phi) is 5.40. The van der Waals surface area contributed by atoms with Gasteiger partial charge in [0.2, 0.25) is 11.9 Å². The van der Waals surface area contributed by atoms with Crippen molar-refractivity contribution >= 4 is 29.2 Å². The van der Waals surface area contributed by atoms with Crippen molar-refractivity contribution in [1.29, 1.82) is 0 Å². The van der Waals surface area contributed by atoms with Crippen LogP contribution in [0.1, 0.15) is 21.7 Å². The second-order valence-corrected chi connectivity index (χ2v) is 5.80. The van der Waals surface area contributed by atoms with Crippen LogP contribution in [0.15, 0.2) is 48.5 Å². The molecular weight excluding hydrogens is 364 g/mol. The van der Waals surface area contributed by atoms with Crippen molar-refractivity contribution in [2.24, 2.45) is 0 Å². The van der Waals surface area contributed by atoms with Gasteiger partial charge in [0.25, 0.3) is 5.69 Å². The van der Waals surface area contributed by atoms with Crippen LogP contribution < -0.4 is 11.1 Å². The van der Waals surface area contributed by atoms with Crippen molar-refractivity contribution in [2.45, 2.75) is 13.5 Å². The van der Waals surface area contributed by atoms with E-state index in [9.17, 15) is 14.9 Å². The molecule has 0 radical (unpaired) electrons. The number of nitrogens with two attached hydrogens (primary N) is 1. The second-order valence-electron chi connectivity index (χ2n) is 5.80. The average molecular weight is 380 g/mol. The van der Waals surface area contributed by atoms with Crippen molar-refractivity contribution in [1.82, 2.24) is 15.0 Å². The number of esters is 1. The molecule has 3 rings (SSSR count). The molecule has 0 spiro atoms. The molecule has 0 saturated heterocycles. The Morgan fingerprint density at radius 1 is 1.11 bits per heavy atom. The van der Waals surface area contributed by atoms with Crippen LogP contribution in [0.3, 0.4) is 0 Å². The summed E-state index contributed by atoms with van der Waals surface area (Å²) >= 11 is 0. The van der Waals surface area contributed by atoms with Gasteiger partial charge in [0.1, 0.15) is 0 Å². The first-order valence-electron chi connectivity index (χ1n) is 8.16. The molecule has 0 aliphatic rings. The number of nitrogens with one attached hydrogen (secondary N) is 1. The fourth-order valence-electron chi connectivity index (χ4n) is 2.26. The predicted molar refractivity (Wildman–Crippen MR) is 101 cm³/mol. The molecule has 10 nitrogen and oxygen atoms in total. The standard InChI is InChI=1S/C18H16N6O4/c1-11-2-6-13(7-3-11)20-18-22-15(21-17(19)23-18)10-28-16(25)12-4-8-14(9-5-12)24(26)27/h2-9H,10H2,1H3,(H3,19,20,21,22,23). The molecule has 0 bridgehead atoms. The van der Waals surface area contributed by atoms with Gasteiger partial charge in [-0.1, -0.05) is 17.7 Å². The van der Waals surface area contributed by atoms with Crippen LogP contribution in [0.25, 0.3) is 0 Å². The monoisotopic (exact) mass is 380 g/mol. The molecule has 0 amide bonds. The zero-order valence-corrected chi connectivity index (χ0v) is 14.8. The molecule has 10 heteroatoms. The number of nitrogens with zero attached hydrogens (tertiary/aromatic N) is 4. The highest BCUT2D eigenvalue weighted by Crippen LogP contribution is 2.16. The lowest BCUT2D eigenvalue weighted by Gasteiger charge is -2.08. The van der Waals surface area contributed by atoms with E-state index in [1.807, 2.05) is 31.2 Å². The topological polar surface area (TPSA) is 146 Å². The number of carbonyl (C=O) groups is 1. The number of aromatic nitrogens is 3. The summed E-state index contributed by atoms with van der Waals surface area (Å²) in [4.78, 5) is 34.3. The number of rotatable bonds is 6. The van der Waals surface area contributed by atoms with Crippen molar-refractivity contribution in [3.8, 4) is 0 Å². The molecule has 0 saturated carbocycles. The van der Waals surface area contributed by atoms with Crippen LogP contribution in [0, 0.1) is 17.0 Å². The summed E-state index contributed by atoms with van der Waals surface area (Å²) in [5.41, 5.74) is 7.63. The minimum absolute atomic E-state index is 0.0222. The van der Waals surface area contributed by atoms with Gasteiger partial charge < -0.3 is 15.8 Å². The third kappa shape index (κ3) is 4.75. The van der Waals surface area contributed by atoms with Crippen molar-refractivity contribution < 1.29 is 14.5 Å². The number of hydrogen-bond donors (Lipinski definition) is 2. The van der Waals surface area contributed by atoms with Gasteiger partial charge in [0.05, 0.1) is 10.5 Å². The molecule has 0 aliphatic heterocycles. The number of hydrogen-bond acceptors (Lipinski definition) is 9. The normalized spacial score (nSPS) is 10.3. The molecule has 0 unspecified atom stereocenters. The van der Waals surface area contributed by atoms with Gasteiger partial charge in [-0.3, -0.25) is 10.1 Å². The van der Waals surface area contributed by atoms with E-state index in [-0.39, 0.29) is 35.6 Å². The lowest BCUT2D eigenvalue weighted by molar-refractivity contribution is -0.384. The van der Waals surface area contributed by atoms with E-state index in [0.29, 0.717) is 0 Å². The first-order chi connectivity index (χ1) is 13.4. The zero-order valence-electron chi connectivity index (χ0n) is 14.8. The molecule has 0 aliphatic carbocycles. The predicted octanol–water partition coefficient (Wildman–Crippen LogP) is 2.77. The number of ether oxygens (including phenoxy) is 1. The maximum atomic E-state index is 12.1. The number of anilines is 3. The Morgan fingerprint density at radius 3 is 2.43 bits per heavy atom. The molecule has 28 heavy (non-hydrogen) atoms. The third-order valence-electron chi connectivity index (χ3n) is 3.65. The van der Waals surface area contributed by atoms with Crippen LogP contribution in [-0.2, 0) is 11.3 Å². The number of aryl methyl sites for hydroxylation is 1. The van der Waals surface area contributed by atoms with Gasteiger partial charge in [-0.05, 0) is 31.2 Å². The Balaban J connectivity index is 1.66. The van der Waals surface area contributed by atoms with Crippen LogP contribution >= 0.6 is 0 Å². The molecule has 2 aromatic carbocycles. The maximum Gasteiger partial charge on any atom is 0.338 e. The van der Waals surface area contributed by atoms with E-state index >= 15 is 0 Å². The average Bonchev–Trinajstić information content (AvgIpc) is 2.67. The number of carbonyl (C=O) groups excluding carboxylic acids is 1. The minimum Gasteiger partial charge on any atom is -0.454 e. The highest BCUT2D eigenvalue weighted by atomic mass is 16.6. The first kappa shape index (κ1) is 18.7. The molecule has 1 aromatic heterocycles. The Labute approximate surface area is 159 Å². The second kappa shape index (κ2) is 8.08. The van der Waals surface area contributed by atoms with Gasteiger partial charge in [0.15, 0.2) is 12.4 Å². The summed E-state index contributed by atoms with van der Waals surface area (Å²) in [5, 5.41) is 13.7. The lowest BCUT2D eigenvalue weighted by atomic mass is 10.2. The molecular formula is C18H16N6O4. The highest BCUT2D eigenvalue weighted by Gasteiger charge is 2.12. The third-order valence-corrected chi connectivity index (χ3v) is 3.65. The fourth-order valence-corrected chi connectivity index (χ4v) is 2.26. The quantitative estimate of drug-likeness (QED) is 0.374. The van der Waals surface area contributed by atoms with Crippen molar-refractivity contribution in [2.75, 3.05) is 11.1 Å². The summed E-state index contributed by atoms with van der Waals surface area (Å²) in [6.45, 7) is 1.74. The van der Waals surface area contributed by atoms with Gasteiger partial charge in [-0.2, -0.15) is 15.0 Å². The fraction of sp³-hybridized carbons (Fsp3) is 0.111. The van der Waals surface area contributed by atoms with Crippen molar-refractivity contribution in [3.05, 3.63) is 75.6 Å². The van der Waals surface area contributed by atoms with Crippen LogP contribution in [0.4, 0.5) is 23.3 Å². The number of non-ortho nitro benzene ring substituents is 1.